The van der Waals surface area contributed by atoms with Gasteiger partial charge in [-0.05, 0) is 37.5 Å². The molecule has 1 aliphatic carbocycles. The topological polar surface area (TPSA) is 63.0 Å². The van der Waals surface area contributed by atoms with E-state index in [4.69, 9.17) is 0 Å². The molecule has 1 fully saturated rings. The zero-order valence-corrected chi connectivity index (χ0v) is 11.8. The Morgan fingerprint density at radius 2 is 2.35 bits per heavy atom. The lowest BCUT2D eigenvalue weighted by molar-refractivity contribution is 0.0134. The van der Waals surface area contributed by atoms with Gasteiger partial charge in [0.15, 0.2) is 0 Å². The fourth-order valence-electron chi connectivity index (χ4n) is 2.69. The van der Waals surface area contributed by atoms with Gasteiger partial charge in [-0.25, -0.2) is 0 Å². The van der Waals surface area contributed by atoms with Gasteiger partial charge in [0.2, 0.25) is 0 Å². The average molecular weight is 272 g/mol. The number of aryl methyl sites for hydroxylation is 2. The van der Waals surface area contributed by atoms with E-state index in [-0.39, 0.29) is 18.2 Å². The number of anilines is 1. The third-order valence-corrected chi connectivity index (χ3v) is 3.87. The molecule has 106 valence electrons. The number of pyridine rings is 1. The second kappa shape index (κ2) is 5.25. The monoisotopic (exact) mass is 272 g/mol. The molecular weight excluding hydrogens is 252 g/mol. The molecule has 0 unspecified atom stereocenters. The van der Waals surface area contributed by atoms with Crippen molar-refractivity contribution in [2.24, 2.45) is 0 Å². The van der Waals surface area contributed by atoms with Crippen LogP contribution in [-0.2, 0) is 6.42 Å². The second-order valence-corrected chi connectivity index (χ2v) is 5.43. The molecule has 5 nitrogen and oxygen atoms in total. The van der Waals surface area contributed by atoms with Crippen molar-refractivity contribution in [3.05, 3.63) is 42.0 Å². The van der Waals surface area contributed by atoms with Crippen molar-refractivity contribution in [1.82, 2.24) is 14.8 Å². The number of hydrogen-bond acceptors (Lipinski definition) is 4. The first-order chi connectivity index (χ1) is 9.67. The SMILES string of the molecule is CCc1cc(N[C@H]2C[C@@H](O)[C@@H]2n2cc(C)cn2)ccn1. The summed E-state index contributed by atoms with van der Waals surface area (Å²) in [4.78, 5) is 4.30. The first-order valence-electron chi connectivity index (χ1n) is 7.07. The van der Waals surface area contributed by atoms with Crippen LogP contribution >= 0.6 is 0 Å². The van der Waals surface area contributed by atoms with Crippen LogP contribution in [0.5, 0.6) is 0 Å². The number of nitrogens with one attached hydrogen (secondary N) is 1. The molecule has 20 heavy (non-hydrogen) atoms. The molecule has 2 aromatic rings. The zero-order valence-electron chi connectivity index (χ0n) is 11.8. The van der Waals surface area contributed by atoms with E-state index in [1.165, 1.54) is 0 Å². The number of rotatable bonds is 4. The highest BCUT2D eigenvalue weighted by Crippen LogP contribution is 2.35. The van der Waals surface area contributed by atoms with Crippen molar-refractivity contribution >= 4 is 5.69 Å². The summed E-state index contributed by atoms with van der Waals surface area (Å²) in [6.07, 6.45) is 6.95. The predicted octanol–water partition coefficient (Wildman–Crippen LogP) is 1.94. The van der Waals surface area contributed by atoms with Crippen LogP contribution in [0.2, 0.25) is 0 Å². The molecule has 1 saturated carbocycles. The van der Waals surface area contributed by atoms with E-state index in [1.807, 2.05) is 36.3 Å². The summed E-state index contributed by atoms with van der Waals surface area (Å²) in [6.45, 7) is 4.10. The molecule has 0 aliphatic heterocycles. The lowest BCUT2D eigenvalue weighted by Gasteiger charge is -2.42. The molecule has 1 aliphatic rings. The number of nitrogens with zero attached hydrogens (tertiary/aromatic N) is 3. The van der Waals surface area contributed by atoms with Crippen molar-refractivity contribution < 1.29 is 5.11 Å². The average Bonchev–Trinajstić information content (AvgIpc) is 2.84. The molecule has 0 bridgehead atoms. The molecule has 5 heteroatoms. The highest BCUT2D eigenvalue weighted by atomic mass is 16.3. The molecule has 0 amide bonds. The number of aliphatic hydroxyl groups is 1. The largest absolute Gasteiger partial charge is 0.391 e. The van der Waals surface area contributed by atoms with Crippen LogP contribution in [0.15, 0.2) is 30.7 Å². The molecule has 2 N–H and O–H groups in total. The Balaban J connectivity index is 1.74. The summed E-state index contributed by atoms with van der Waals surface area (Å²) in [5.41, 5.74) is 3.24. The first-order valence-corrected chi connectivity index (χ1v) is 7.07. The Morgan fingerprint density at radius 3 is 3.00 bits per heavy atom. The van der Waals surface area contributed by atoms with Crippen LogP contribution in [0.25, 0.3) is 0 Å². The first kappa shape index (κ1) is 13.1. The van der Waals surface area contributed by atoms with Crippen LogP contribution in [0, 0.1) is 6.92 Å². The Bertz CT molecular complexity index is 595. The molecular formula is C15H20N4O. The summed E-state index contributed by atoms with van der Waals surface area (Å²) in [7, 11) is 0. The Hall–Kier alpha value is -1.88. The van der Waals surface area contributed by atoms with E-state index in [2.05, 4.69) is 28.4 Å². The second-order valence-electron chi connectivity index (χ2n) is 5.43. The van der Waals surface area contributed by atoms with Crippen molar-refractivity contribution in [2.45, 2.75) is 44.9 Å². The third-order valence-electron chi connectivity index (χ3n) is 3.87. The van der Waals surface area contributed by atoms with Gasteiger partial charge in [0.25, 0.3) is 0 Å². The minimum Gasteiger partial charge on any atom is -0.391 e. The molecule has 2 heterocycles. The number of hydrogen-bond donors (Lipinski definition) is 2. The molecule has 2 aromatic heterocycles. The molecule has 0 spiro atoms. The van der Waals surface area contributed by atoms with Gasteiger partial charge in [0, 0.05) is 23.8 Å². The standard InChI is InChI=1S/C15H20N4O/c1-3-11-6-12(4-5-16-11)18-13-7-14(20)15(13)19-9-10(2)8-17-19/h4-6,8-9,13-15,20H,3,7H2,1-2H3,(H,16,18)/t13-,14+,15+/m0/s1. The lowest BCUT2D eigenvalue weighted by Crippen LogP contribution is -2.51. The Labute approximate surface area is 118 Å². The summed E-state index contributed by atoms with van der Waals surface area (Å²) in [5.74, 6) is 0. The van der Waals surface area contributed by atoms with E-state index < -0.39 is 0 Å². The normalized spacial score (nSPS) is 25.2. The van der Waals surface area contributed by atoms with Crippen molar-refractivity contribution in [1.29, 1.82) is 0 Å². The molecule has 0 radical (unpaired) electrons. The third kappa shape index (κ3) is 2.41. The van der Waals surface area contributed by atoms with Gasteiger partial charge >= 0.3 is 0 Å². The van der Waals surface area contributed by atoms with Crippen LogP contribution in [0.3, 0.4) is 0 Å². The van der Waals surface area contributed by atoms with E-state index in [0.717, 1.165) is 29.8 Å². The minimum absolute atomic E-state index is 0.00180. The molecule has 0 saturated heterocycles. The zero-order chi connectivity index (χ0) is 14.1. The quantitative estimate of drug-likeness (QED) is 0.893. The number of aliphatic hydroxyl groups excluding tert-OH is 1. The predicted molar refractivity (Wildman–Crippen MR) is 77.7 cm³/mol. The van der Waals surface area contributed by atoms with Crippen molar-refractivity contribution in [3.63, 3.8) is 0 Å². The van der Waals surface area contributed by atoms with Crippen molar-refractivity contribution in [2.75, 3.05) is 5.32 Å². The van der Waals surface area contributed by atoms with Crippen molar-refractivity contribution in [3.8, 4) is 0 Å². The van der Waals surface area contributed by atoms with E-state index >= 15 is 0 Å². The Kier molecular flexibility index (Phi) is 3.44. The smallest absolute Gasteiger partial charge is 0.0980 e. The number of aromatic nitrogens is 3. The molecule has 3 atom stereocenters. The summed E-state index contributed by atoms with van der Waals surface area (Å²) in [6, 6.07) is 4.24. The maximum absolute atomic E-state index is 10.0. The molecule has 0 aromatic carbocycles. The summed E-state index contributed by atoms with van der Waals surface area (Å²) in [5, 5.41) is 17.8. The van der Waals surface area contributed by atoms with Gasteiger partial charge in [0.05, 0.1) is 24.4 Å². The van der Waals surface area contributed by atoms with Gasteiger partial charge < -0.3 is 10.4 Å². The fourth-order valence-corrected chi connectivity index (χ4v) is 2.69. The fraction of sp³-hybridized carbons (Fsp3) is 0.467. The maximum atomic E-state index is 10.0. The van der Waals surface area contributed by atoms with Gasteiger partial charge in [-0.2, -0.15) is 5.10 Å². The molecule has 3 rings (SSSR count). The van der Waals surface area contributed by atoms with Gasteiger partial charge in [-0.15, -0.1) is 0 Å². The van der Waals surface area contributed by atoms with E-state index in [0.29, 0.717) is 0 Å². The van der Waals surface area contributed by atoms with Crippen LogP contribution in [0.1, 0.15) is 30.6 Å². The highest BCUT2D eigenvalue weighted by molar-refractivity contribution is 5.45. The lowest BCUT2D eigenvalue weighted by atomic mass is 9.83. The maximum Gasteiger partial charge on any atom is 0.0980 e. The highest BCUT2D eigenvalue weighted by Gasteiger charge is 2.41. The van der Waals surface area contributed by atoms with E-state index in [1.54, 1.807) is 0 Å². The van der Waals surface area contributed by atoms with Crippen LogP contribution in [0.4, 0.5) is 5.69 Å². The van der Waals surface area contributed by atoms with E-state index in [9.17, 15) is 5.11 Å². The Morgan fingerprint density at radius 1 is 1.50 bits per heavy atom. The van der Waals surface area contributed by atoms with Crippen LogP contribution < -0.4 is 5.32 Å². The van der Waals surface area contributed by atoms with Gasteiger partial charge in [-0.3, -0.25) is 9.67 Å². The minimum atomic E-state index is -0.334. The van der Waals surface area contributed by atoms with Gasteiger partial charge in [-0.1, -0.05) is 6.92 Å². The summed E-state index contributed by atoms with van der Waals surface area (Å²) >= 11 is 0. The summed E-state index contributed by atoms with van der Waals surface area (Å²) < 4.78 is 1.86. The van der Waals surface area contributed by atoms with Gasteiger partial charge in [0.1, 0.15) is 0 Å². The van der Waals surface area contributed by atoms with Crippen LogP contribution in [-0.4, -0.2) is 32.0 Å².